The Labute approximate surface area is 161 Å². The molecular formula is C14H27NaO7S. The minimum absolute atomic E-state index is 0. The van der Waals surface area contributed by atoms with Crippen LogP contribution in [0.5, 0.6) is 0 Å². The molecule has 0 aliphatic rings. The summed E-state index contributed by atoms with van der Waals surface area (Å²) >= 11 is 0. The number of esters is 1. The van der Waals surface area contributed by atoms with E-state index in [2.05, 4.69) is 0 Å². The first-order valence-corrected chi connectivity index (χ1v) is 9.11. The van der Waals surface area contributed by atoms with Gasteiger partial charge in [0.25, 0.3) is 10.1 Å². The predicted octanol–water partition coefficient (Wildman–Crippen LogP) is -0.484. The van der Waals surface area contributed by atoms with E-state index in [1.54, 1.807) is 0 Å². The number of hydrogen-bond acceptors (Lipinski definition) is 5. The molecule has 0 saturated heterocycles. The van der Waals surface area contributed by atoms with Crippen LogP contribution in [0.2, 0.25) is 0 Å². The third-order valence-electron chi connectivity index (χ3n) is 3.27. The van der Waals surface area contributed by atoms with E-state index in [0.717, 1.165) is 32.1 Å². The molecule has 0 aliphatic heterocycles. The van der Waals surface area contributed by atoms with Gasteiger partial charge in [-0.1, -0.05) is 39.5 Å². The number of carboxylic acid groups (broad SMARTS) is 1. The Morgan fingerprint density at radius 3 is 2.04 bits per heavy atom. The largest absolute Gasteiger partial charge is 1.00 e. The minimum atomic E-state index is -4.81. The molecule has 0 aliphatic carbocycles. The van der Waals surface area contributed by atoms with Crippen LogP contribution in [0.3, 0.4) is 0 Å². The second-order valence-corrected chi connectivity index (χ2v) is 6.90. The van der Waals surface area contributed by atoms with Crippen LogP contribution in [-0.2, 0) is 24.4 Å². The molecule has 23 heavy (non-hydrogen) atoms. The number of unbranched alkanes of at least 4 members (excludes halogenated alkanes) is 3. The van der Waals surface area contributed by atoms with Gasteiger partial charge in [0.15, 0.2) is 5.25 Å². The Morgan fingerprint density at radius 2 is 1.61 bits per heavy atom. The summed E-state index contributed by atoms with van der Waals surface area (Å²) in [6.07, 6.45) is 4.27. The zero-order valence-electron chi connectivity index (χ0n) is 15.2. The molecule has 0 saturated carbocycles. The van der Waals surface area contributed by atoms with Crippen LogP contribution in [0.25, 0.3) is 0 Å². The first kappa shape index (κ1) is 25.1. The first-order valence-electron chi connectivity index (χ1n) is 7.60. The van der Waals surface area contributed by atoms with Gasteiger partial charge in [0, 0.05) is 0 Å². The van der Waals surface area contributed by atoms with Crippen LogP contribution in [0.4, 0.5) is 0 Å². The number of carbonyl (C=O) groups excluding carboxylic acids is 1. The molecule has 0 spiro atoms. The van der Waals surface area contributed by atoms with Crippen molar-refractivity contribution in [1.82, 2.24) is 0 Å². The third-order valence-corrected chi connectivity index (χ3v) is 4.35. The van der Waals surface area contributed by atoms with Gasteiger partial charge in [-0.05, 0) is 19.3 Å². The van der Waals surface area contributed by atoms with Crippen molar-refractivity contribution in [3.05, 3.63) is 0 Å². The Hall–Kier alpha value is -0.150. The summed E-state index contributed by atoms with van der Waals surface area (Å²) in [5.74, 6) is -2.68. The number of hydrogen-bond donors (Lipinski definition) is 2. The van der Waals surface area contributed by atoms with E-state index in [0.29, 0.717) is 12.8 Å². The van der Waals surface area contributed by atoms with Crippen LogP contribution in [0.1, 0.15) is 66.6 Å². The number of carbonyl (C=O) groups is 2. The Balaban J connectivity index is -0.00000220. The molecule has 0 fully saturated rings. The molecule has 0 aromatic heterocycles. The number of ether oxygens (including phenoxy) is 1. The van der Waals surface area contributed by atoms with E-state index < -0.39 is 39.8 Å². The summed E-state index contributed by atoms with van der Waals surface area (Å²) in [6.45, 7) is 4.02. The molecule has 0 rings (SSSR count). The second kappa shape index (κ2) is 13.2. The van der Waals surface area contributed by atoms with Gasteiger partial charge in [-0.2, -0.15) is 8.42 Å². The summed E-state index contributed by atoms with van der Waals surface area (Å²) < 4.78 is 36.5. The predicted molar refractivity (Wildman–Crippen MR) is 82.2 cm³/mol. The van der Waals surface area contributed by atoms with E-state index >= 15 is 0 Å². The van der Waals surface area contributed by atoms with Gasteiger partial charge in [-0.25, -0.2) is 0 Å². The monoisotopic (exact) mass is 362 g/mol. The van der Waals surface area contributed by atoms with Crippen molar-refractivity contribution in [2.45, 2.75) is 76.6 Å². The number of carboxylic acids is 1. The van der Waals surface area contributed by atoms with Crippen molar-refractivity contribution in [3.8, 4) is 0 Å². The summed E-state index contributed by atoms with van der Waals surface area (Å²) in [4.78, 5) is 22.6. The maximum Gasteiger partial charge on any atom is 1.00 e. The summed E-state index contributed by atoms with van der Waals surface area (Å²) in [5.41, 5.74) is 0. The Bertz CT molecular complexity index is 456. The SMILES string of the molecule is CCCCCC(CCCC)OC(=O)C(CC(=O)O)S(=O)(=O)O.[H-].[Na+]. The smallest absolute Gasteiger partial charge is 1.00 e. The normalized spacial score (nSPS) is 13.7. The zero-order chi connectivity index (χ0) is 17.2. The molecule has 0 aromatic carbocycles. The fourth-order valence-electron chi connectivity index (χ4n) is 2.02. The van der Waals surface area contributed by atoms with Crippen molar-refractivity contribution >= 4 is 22.1 Å². The molecule has 0 aromatic rings. The topological polar surface area (TPSA) is 118 Å². The Kier molecular flexibility index (Phi) is 14.4. The Morgan fingerprint density at radius 1 is 1.09 bits per heavy atom. The molecule has 0 heterocycles. The maximum atomic E-state index is 11.9. The fraction of sp³-hybridized carbons (Fsp3) is 0.857. The van der Waals surface area contributed by atoms with Gasteiger partial charge >= 0.3 is 41.5 Å². The summed E-state index contributed by atoms with van der Waals surface area (Å²) in [7, 11) is -4.81. The second-order valence-electron chi connectivity index (χ2n) is 5.30. The molecular weight excluding hydrogens is 335 g/mol. The molecule has 0 amide bonds. The van der Waals surface area contributed by atoms with Crippen LogP contribution < -0.4 is 29.6 Å². The van der Waals surface area contributed by atoms with E-state index in [1.807, 2.05) is 13.8 Å². The van der Waals surface area contributed by atoms with Crippen molar-refractivity contribution < 1.29 is 63.4 Å². The molecule has 9 heteroatoms. The summed E-state index contributed by atoms with van der Waals surface area (Å²) in [5, 5.41) is 6.59. The first-order chi connectivity index (χ1) is 10.2. The zero-order valence-corrected chi connectivity index (χ0v) is 17.0. The van der Waals surface area contributed by atoms with Gasteiger partial charge in [0.05, 0.1) is 6.42 Å². The number of aliphatic carboxylic acids is 1. The summed E-state index contributed by atoms with van der Waals surface area (Å²) in [6, 6.07) is 0. The molecule has 0 bridgehead atoms. The van der Waals surface area contributed by atoms with E-state index in [9.17, 15) is 18.0 Å². The van der Waals surface area contributed by atoms with Crippen LogP contribution in [0.15, 0.2) is 0 Å². The maximum absolute atomic E-state index is 11.9. The molecule has 2 unspecified atom stereocenters. The van der Waals surface area contributed by atoms with Crippen molar-refractivity contribution in [2.24, 2.45) is 0 Å². The van der Waals surface area contributed by atoms with Crippen molar-refractivity contribution in [1.29, 1.82) is 0 Å². The van der Waals surface area contributed by atoms with Gasteiger partial charge in [-0.15, -0.1) is 0 Å². The average Bonchev–Trinajstić information content (AvgIpc) is 2.40. The van der Waals surface area contributed by atoms with Gasteiger partial charge in [0.2, 0.25) is 0 Å². The minimum Gasteiger partial charge on any atom is -1.00 e. The van der Waals surface area contributed by atoms with E-state index in [4.69, 9.17) is 14.4 Å². The van der Waals surface area contributed by atoms with Crippen LogP contribution in [-0.4, -0.2) is 41.4 Å². The molecule has 2 atom stereocenters. The molecule has 2 N–H and O–H groups in total. The van der Waals surface area contributed by atoms with Gasteiger partial charge < -0.3 is 11.3 Å². The quantitative estimate of drug-likeness (QED) is 0.208. The molecule has 7 nitrogen and oxygen atoms in total. The average molecular weight is 362 g/mol. The molecule has 0 radical (unpaired) electrons. The standard InChI is InChI=1S/C14H26O7S.Na.H/c1-3-5-7-9-11(8-6-4-2)21-14(17)12(10-13(15)16)22(18,19)20;;/h11-12H,3-10H2,1-2H3,(H,15,16)(H,18,19,20);;/q;+1;-1. The van der Waals surface area contributed by atoms with Crippen LogP contribution in [0, 0.1) is 0 Å². The van der Waals surface area contributed by atoms with Crippen molar-refractivity contribution in [2.75, 3.05) is 0 Å². The fourth-order valence-corrected chi connectivity index (χ4v) is 2.68. The van der Waals surface area contributed by atoms with E-state index in [1.165, 1.54) is 0 Å². The van der Waals surface area contributed by atoms with E-state index in [-0.39, 0.29) is 31.0 Å². The molecule has 132 valence electrons. The van der Waals surface area contributed by atoms with Crippen LogP contribution >= 0.6 is 0 Å². The number of rotatable bonds is 12. The third kappa shape index (κ3) is 11.9. The van der Waals surface area contributed by atoms with Gasteiger partial charge in [-0.3, -0.25) is 14.1 Å². The van der Waals surface area contributed by atoms with Crippen molar-refractivity contribution in [3.63, 3.8) is 0 Å². The van der Waals surface area contributed by atoms with Gasteiger partial charge in [0.1, 0.15) is 6.10 Å².